The molecule has 17 heavy (non-hydrogen) atoms. The van der Waals surface area contributed by atoms with Crippen LogP contribution < -0.4 is 4.90 Å². The Hall–Kier alpha value is -1.74. The van der Waals surface area contributed by atoms with E-state index in [1.54, 1.807) is 6.08 Å². The van der Waals surface area contributed by atoms with Crippen LogP contribution in [-0.2, 0) is 4.79 Å². The molecule has 0 radical (unpaired) electrons. The fourth-order valence-electron chi connectivity index (χ4n) is 2.31. The van der Waals surface area contributed by atoms with E-state index in [2.05, 4.69) is 23.1 Å². The molecule has 2 aliphatic heterocycles. The second-order valence-corrected chi connectivity index (χ2v) is 4.04. The zero-order valence-electron chi connectivity index (χ0n) is 9.09. The van der Waals surface area contributed by atoms with Gasteiger partial charge in [-0.25, -0.2) is 4.79 Å². The average Bonchev–Trinajstić information content (AvgIpc) is 2.29. The number of carboxylic acid groups (broad SMARTS) is 1. The van der Waals surface area contributed by atoms with E-state index < -0.39 is 5.97 Å². The van der Waals surface area contributed by atoms with E-state index in [4.69, 9.17) is 5.11 Å². The van der Waals surface area contributed by atoms with Crippen molar-refractivity contribution in [1.82, 2.24) is 0 Å². The molecule has 0 saturated carbocycles. The summed E-state index contributed by atoms with van der Waals surface area (Å²) >= 11 is 0. The van der Waals surface area contributed by atoms with Crippen molar-refractivity contribution in [2.75, 3.05) is 18.0 Å². The number of hydrogen-bond donors (Lipinski definition) is 1. The Bertz CT molecular complexity index is 534. The molecule has 0 aromatic heterocycles. The molecule has 0 unspecified atom stereocenters. The van der Waals surface area contributed by atoms with Crippen molar-refractivity contribution >= 4 is 36.2 Å². The Morgan fingerprint density at radius 3 is 2.82 bits per heavy atom. The first-order chi connectivity index (χ1) is 7.75. The highest BCUT2D eigenvalue weighted by Crippen LogP contribution is 2.35. The van der Waals surface area contributed by atoms with Crippen LogP contribution in [0, 0.1) is 0 Å². The van der Waals surface area contributed by atoms with Crippen LogP contribution in [0.1, 0.15) is 11.1 Å². The van der Waals surface area contributed by atoms with Gasteiger partial charge >= 0.3 is 5.97 Å². The average molecular weight is 250 g/mol. The van der Waals surface area contributed by atoms with Crippen molar-refractivity contribution in [2.45, 2.75) is 0 Å². The molecule has 1 aromatic carbocycles. The number of para-hydroxylation sites is 1. The molecule has 1 N–H and O–H groups in total. The number of anilines is 1. The number of carboxylic acids is 1. The number of rotatable bonds is 1. The molecule has 0 spiro atoms. The normalized spacial score (nSPS) is 15.8. The predicted octanol–water partition coefficient (Wildman–Crippen LogP) is 2.42. The lowest BCUT2D eigenvalue weighted by Gasteiger charge is -2.33. The summed E-state index contributed by atoms with van der Waals surface area (Å²) in [5.74, 6) is -0.828. The van der Waals surface area contributed by atoms with Gasteiger partial charge in [-0.15, -0.1) is 12.4 Å². The minimum absolute atomic E-state index is 0. The number of halogens is 1. The fourth-order valence-corrected chi connectivity index (χ4v) is 2.31. The summed E-state index contributed by atoms with van der Waals surface area (Å²) < 4.78 is 0. The first kappa shape index (κ1) is 11.7. The maximum atomic E-state index is 11.0. The predicted molar refractivity (Wildman–Crippen MR) is 70.5 cm³/mol. The lowest BCUT2D eigenvalue weighted by Crippen LogP contribution is -2.33. The van der Waals surface area contributed by atoms with Gasteiger partial charge in [0.05, 0.1) is 17.8 Å². The van der Waals surface area contributed by atoms with Gasteiger partial charge in [-0.3, -0.25) is 0 Å². The van der Waals surface area contributed by atoms with Gasteiger partial charge in [0, 0.05) is 6.54 Å². The highest BCUT2D eigenvalue weighted by atomic mass is 35.5. The zero-order chi connectivity index (χ0) is 11.1. The Morgan fingerprint density at radius 2 is 2.06 bits per heavy atom. The number of hydrogen-bond acceptors (Lipinski definition) is 2. The van der Waals surface area contributed by atoms with Gasteiger partial charge in [-0.05, 0) is 17.2 Å². The molecule has 0 aliphatic carbocycles. The van der Waals surface area contributed by atoms with Gasteiger partial charge in [0.2, 0.25) is 0 Å². The largest absolute Gasteiger partial charge is 0.478 e. The van der Waals surface area contributed by atoms with E-state index in [1.807, 2.05) is 12.1 Å². The maximum absolute atomic E-state index is 11.0. The van der Waals surface area contributed by atoms with Crippen LogP contribution in [0.2, 0.25) is 0 Å². The molecule has 0 bridgehead atoms. The Labute approximate surface area is 105 Å². The minimum atomic E-state index is -0.828. The molecular formula is C13H12ClNO2. The quantitative estimate of drug-likeness (QED) is 0.831. The third-order valence-corrected chi connectivity index (χ3v) is 3.00. The lowest BCUT2D eigenvalue weighted by atomic mass is 9.96. The summed E-state index contributed by atoms with van der Waals surface area (Å²) in [4.78, 5) is 13.1. The molecule has 88 valence electrons. The summed E-state index contributed by atoms with van der Waals surface area (Å²) in [7, 11) is 0. The van der Waals surface area contributed by atoms with E-state index in [9.17, 15) is 4.79 Å². The summed E-state index contributed by atoms with van der Waals surface area (Å²) in [6, 6.07) is 5.98. The Kier molecular flexibility index (Phi) is 2.94. The van der Waals surface area contributed by atoms with Gasteiger partial charge in [-0.1, -0.05) is 30.4 Å². The molecule has 3 nitrogen and oxygen atoms in total. The summed E-state index contributed by atoms with van der Waals surface area (Å²) in [5.41, 5.74) is 3.80. The highest BCUT2D eigenvalue weighted by Gasteiger charge is 2.24. The second-order valence-electron chi connectivity index (χ2n) is 4.04. The molecular weight excluding hydrogens is 238 g/mol. The van der Waals surface area contributed by atoms with Crippen LogP contribution >= 0.6 is 12.4 Å². The molecule has 0 amide bonds. The van der Waals surface area contributed by atoms with Gasteiger partial charge in [-0.2, -0.15) is 0 Å². The van der Waals surface area contributed by atoms with Crippen molar-refractivity contribution in [3.8, 4) is 0 Å². The fraction of sp³-hybridized carbons (Fsp3) is 0.154. The third-order valence-electron chi connectivity index (χ3n) is 3.00. The van der Waals surface area contributed by atoms with Crippen LogP contribution in [0.5, 0.6) is 0 Å². The van der Waals surface area contributed by atoms with E-state index in [1.165, 1.54) is 5.56 Å². The third kappa shape index (κ3) is 1.83. The van der Waals surface area contributed by atoms with Gasteiger partial charge in [0.1, 0.15) is 0 Å². The molecule has 3 rings (SSSR count). The zero-order valence-corrected chi connectivity index (χ0v) is 9.91. The second kappa shape index (κ2) is 4.26. The van der Waals surface area contributed by atoms with Crippen LogP contribution in [0.3, 0.4) is 0 Å². The first-order valence-electron chi connectivity index (χ1n) is 5.24. The van der Waals surface area contributed by atoms with E-state index in [0.717, 1.165) is 17.8 Å². The van der Waals surface area contributed by atoms with Crippen LogP contribution in [0.15, 0.2) is 29.8 Å². The van der Waals surface area contributed by atoms with E-state index in [0.29, 0.717) is 12.1 Å². The standard InChI is InChI=1S/C13H11NO2.ClH/c15-13(16)11-7-10-4-1-3-9-5-2-6-14(8-11)12(9)10;/h1-5,7H,6,8H2,(H,15,16);1H. The Morgan fingerprint density at radius 1 is 1.29 bits per heavy atom. The van der Waals surface area contributed by atoms with Crippen molar-refractivity contribution in [2.24, 2.45) is 0 Å². The molecule has 0 fully saturated rings. The van der Waals surface area contributed by atoms with Crippen molar-refractivity contribution in [3.63, 3.8) is 0 Å². The number of carbonyl (C=O) groups is 1. The summed E-state index contributed by atoms with van der Waals surface area (Å²) in [5, 5.41) is 9.05. The van der Waals surface area contributed by atoms with Gasteiger partial charge in [0.25, 0.3) is 0 Å². The van der Waals surface area contributed by atoms with Crippen molar-refractivity contribution < 1.29 is 9.90 Å². The molecule has 4 heteroatoms. The van der Waals surface area contributed by atoms with Crippen LogP contribution in [0.4, 0.5) is 5.69 Å². The summed E-state index contributed by atoms with van der Waals surface area (Å²) in [6.07, 6.45) is 5.93. The highest BCUT2D eigenvalue weighted by molar-refractivity contribution is 5.97. The molecule has 0 saturated heterocycles. The lowest BCUT2D eigenvalue weighted by molar-refractivity contribution is -0.132. The van der Waals surface area contributed by atoms with Crippen molar-refractivity contribution in [3.05, 3.63) is 41.0 Å². The number of benzene rings is 1. The summed E-state index contributed by atoms with van der Waals surface area (Å²) in [6.45, 7) is 1.28. The van der Waals surface area contributed by atoms with Crippen molar-refractivity contribution in [1.29, 1.82) is 0 Å². The SMILES string of the molecule is Cl.O=C(O)C1=Cc2cccc3c2N(CC=C3)C1. The smallest absolute Gasteiger partial charge is 0.333 e. The van der Waals surface area contributed by atoms with E-state index >= 15 is 0 Å². The van der Waals surface area contributed by atoms with Crippen LogP contribution in [0.25, 0.3) is 12.2 Å². The maximum Gasteiger partial charge on any atom is 0.333 e. The molecule has 1 aromatic rings. The van der Waals surface area contributed by atoms with Gasteiger partial charge < -0.3 is 10.0 Å². The first-order valence-corrected chi connectivity index (χ1v) is 5.24. The molecule has 0 atom stereocenters. The minimum Gasteiger partial charge on any atom is -0.478 e. The number of aliphatic carboxylic acids is 1. The topological polar surface area (TPSA) is 40.5 Å². The van der Waals surface area contributed by atoms with Crippen LogP contribution in [-0.4, -0.2) is 24.2 Å². The van der Waals surface area contributed by atoms with Gasteiger partial charge in [0.15, 0.2) is 0 Å². The Balaban J connectivity index is 0.00000108. The molecule has 2 heterocycles. The molecule has 2 aliphatic rings. The number of nitrogens with zero attached hydrogens (tertiary/aromatic N) is 1. The monoisotopic (exact) mass is 249 g/mol. The van der Waals surface area contributed by atoms with E-state index in [-0.39, 0.29) is 12.4 Å².